The molecule has 0 N–H and O–H groups in total. The minimum atomic E-state index is -0.276. The Kier molecular flexibility index (Phi) is 5.23. The van der Waals surface area contributed by atoms with Crippen molar-refractivity contribution in [3.05, 3.63) is 40.4 Å². The first-order valence-corrected chi connectivity index (χ1v) is 6.01. The van der Waals surface area contributed by atoms with Crippen molar-refractivity contribution >= 4 is 23.1 Å². The number of allylic oxidation sites excluding steroid dienone is 2. The smallest absolute Gasteiger partial charge is 0.310 e. The van der Waals surface area contributed by atoms with Gasteiger partial charge in [-0.2, -0.15) is 0 Å². The van der Waals surface area contributed by atoms with E-state index >= 15 is 0 Å². The van der Waals surface area contributed by atoms with Gasteiger partial charge in [-0.25, -0.2) is 0 Å². The third kappa shape index (κ3) is 3.60. The molecule has 0 saturated heterocycles. The molecule has 2 nitrogen and oxygen atoms in total. The molecule has 0 aliphatic carbocycles. The lowest BCUT2D eigenvalue weighted by atomic mass is 10.0. The third-order valence-electron chi connectivity index (χ3n) is 2.72. The SMILES string of the molecule is C/C=C(\CC)c1ccc(CC(=O)OC)c(Cl)c1. The van der Waals surface area contributed by atoms with Crippen LogP contribution < -0.4 is 0 Å². The van der Waals surface area contributed by atoms with Crippen LogP contribution in [0.5, 0.6) is 0 Å². The molecule has 1 aromatic rings. The van der Waals surface area contributed by atoms with Crippen LogP contribution in [-0.4, -0.2) is 13.1 Å². The van der Waals surface area contributed by atoms with Crippen LogP contribution in [0.25, 0.3) is 5.57 Å². The summed E-state index contributed by atoms with van der Waals surface area (Å²) in [5, 5.41) is 0.612. The molecular weight excluding hydrogens is 236 g/mol. The number of halogens is 1. The Labute approximate surface area is 107 Å². The molecule has 0 atom stereocenters. The van der Waals surface area contributed by atoms with E-state index in [1.165, 1.54) is 12.7 Å². The molecule has 0 aliphatic heterocycles. The number of rotatable bonds is 4. The molecule has 0 aliphatic rings. The van der Waals surface area contributed by atoms with Crippen LogP contribution in [-0.2, 0) is 16.0 Å². The first kappa shape index (κ1) is 13.8. The van der Waals surface area contributed by atoms with Gasteiger partial charge in [0.2, 0.25) is 0 Å². The van der Waals surface area contributed by atoms with Crippen LogP contribution >= 0.6 is 11.6 Å². The minimum Gasteiger partial charge on any atom is -0.469 e. The highest BCUT2D eigenvalue weighted by Gasteiger charge is 2.08. The van der Waals surface area contributed by atoms with Gasteiger partial charge in [0.15, 0.2) is 0 Å². The second kappa shape index (κ2) is 6.45. The zero-order valence-corrected chi connectivity index (χ0v) is 11.2. The van der Waals surface area contributed by atoms with Gasteiger partial charge in [-0.1, -0.05) is 36.7 Å². The van der Waals surface area contributed by atoms with Crippen molar-refractivity contribution in [2.75, 3.05) is 7.11 Å². The molecule has 0 spiro atoms. The predicted octanol–water partition coefficient (Wildman–Crippen LogP) is 3.87. The van der Waals surface area contributed by atoms with Crippen molar-refractivity contribution in [2.45, 2.75) is 26.7 Å². The lowest BCUT2D eigenvalue weighted by Crippen LogP contribution is -2.05. The molecule has 17 heavy (non-hydrogen) atoms. The summed E-state index contributed by atoms with van der Waals surface area (Å²) in [7, 11) is 1.37. The Bertz CT molecular complexity index is 436. The largest absolute Gasteiger partial charge is 0.469 e. The summed E-state index contributed by atoms with van der Waals surface area (Å²) in [5.74, 6) is -0.276. The number of carbonyl (C=O) groups excluding carboxylic acids is 1. The summed E-state index contributed by atoms with van der Waals surface area (Å²) >= 11 is 6.15. The first-order chi connectivity index (χ1) is 8.12. The van der Waals surface area contributed by atoms with Crippen molar-refractivity contribution in [3.8, 4) is 0 Å². The minimum absolute atomic E-state index is 0.215. The molecule has 0 fully saturated rings. The van der Waals surface area contributed by atoms with Gasteiger partial charge in [0.25, 0.3) is 0 Å². The van der Waals surface area contributed by atoms with Gasteiger partial charge in [-0.3, -0.25) is 4.79 Å². The van der Waals surface area contributed by atoms with E-state index in [4.69, 9.17) is 11.6 Å². The fourth-order valence-corrected chi connectivity index (χ4v) is 1.94. The molecule has 3 heteroatoms. The molecular formula is C14H17ClO2. The maximum absolute atomic E-state index is 11.2. The molecule has 0 unspecified atom stereocenters. The van der Waals surface area contributed by atoms with Crippen molar-refractivity contribution in [2.24, 2.45) is 0 Å². The number of hydrogen-bond donors (Lipinski definition) is 0. The highest BCUT2D eigenvalue weighted by molar-refractivity contribution is 6.31. The number of methoxy groups -OCH3 is 1. The maximum Gasteiger partial charge on any atom is 0.310 e. The van der Waals surface area contributed by atoms with Crippen molar-refractivity contribution in [3.63, 3.8) is 0 Å². The second-order valence-electron chi connectivity index (χ2n) is 3.73. The topological polar surface area (TPSA) is 26.3 Å². The van der Waals surface area contributed by atoms with E-state index in [-0.39, 0.29) is 12.4 Å². The van der Waals surface area contributed by atoms with Crippen LogP contribution in [0.15, 0.2) is 24.3 Å². The number of esters is 1. The Morgan fingerprint density at radius 3 is 2.65 bits per heavy atom. The monoisotopic (exact) mass is 252 g/mol. The molecule has 0 heterocycles. The normalized spacial score (nSPS) is 11.4. The molecule has 0 bridgehead atoms. The zero-order valence-electron chi connectivity index (χ0n) is 10.4. The number of ether oxygens (including phenoxy) is 1. The Morgan fingerprint density at radius 1 is 1.47 bits per heavy atom. The van der Waals surface area contributed by atoms with Crippen molar-refractivity contribution in [1.82, 2.24) is 0 Å². The third-order valence-corrected chi connectivity index (χ3v) is 3.07. The molecule has 0 saturated carbocycles. The standard InChI is InChI=1S/C14H17ClO2/c1-4-10(5-2)11-6-7-12(13(15)8-11)9-14(16)17-3/h4,6-8H,5,9H2,1-3H3/b10-4+. The molecule has 92 valence electrons. The van der Waals surface area contributed by atoms with Crippen LogP contribution in [0.1, 0.15) is 31.4 Å². The fourth-order valence-electron chi connectivity index (χ4n) is 1.69. The lowest BCUT2D eigenvalue weighted by molar-refractivity contribution is -0.139. The van der Waals surface area contributed by atoms with Crippen molar-refractivity contribution < 1.29 is 9.53 Å². The molecule has 1 aromatic carbocycles. The molecule has 0 radical (unpaired) electrons. The number of carbonyl (C=O) groups is 1. The number of hydrogen-bond acceptors (Lipinski definition) is 2. The van der Waals surface area contributed by atoms with Gasteiger partial charge in [0.1, 0.15) is 0 Å². The van der Waals surface area contributed by atoms with Gasteiger partial charge in [0.05, 0.1) is 13.5 Å². The van der Waals surface area contributed by atoms with Crippen LogP contribution in [0.3, 0.4) is 0 Å². The molecule has 1 rings (SSSR count). The van der Waals surface area contributed by atoms with Gasteiger partial charge < -0.3 is 4.74 Å². The van der Waals surface area contributed by atoms with Gasteiger partial charge in [0, 0.05) is 5.02 Å². The van der Waals surface area contributed by atoms with E-state index < -0.39 is 0 Å². The maximum atomic E-state index is 11.2. The van der Waals surface area contributed by atoms with E-state index in [1.54, 1.807) is 0 Å². The summed E-state index contributed by atoms with van der Waals surface area (Å²) in [6, 6.07) is 5.77. The average Bonchev–Trinajstić information content (AvgIpc) is 2.33. The van der Waals surface area contributed by atoms with Gasteiger partial charge in [-0.05, 0) is 36.1 Å². The summed E-state index contributed by atoms with van der Waals surface area (Å²) in [4.78, 5) is 11.2. The Balaban J connectivity index is 2.97. The van der Waals surface area contributed by atoms with Crippen LogP contribution in [0, 0.1) is 0 Å². The Hall–Kier alpha value is -1.28. The fraction of sp³-hybridized carbons (Fsp3) is 0.357. The Morgan fingerprint density at radius 2 is 2.18 bits per heavy atom. The van der Waals surface area contributed by atoms with Crippen molar-refractivity contribution in [1.29, 1.82) is 0 Å². The van der Waals surface area contributed by atoms with Crippen LogP contribution in [0.4, 0.5) is 0 Å². The summed E-state index contributed by atoms with van der Waals surface area (Å²) in [6.45, 7) is 4.11. The summed E-state index contributed by atoms with van der Waals surface area (Å²) in [5.41, 5.74) is 3.15. The second-order valence-corrected chi connectivity index (χ2v) is 4.13. The lowest BCUT2D eigenvalue weighted by Gasteiger charge is -2.08. The van der Waals surface area contributed by atoms with E-state index in [1.807, 2.05) is 25.1 Å². The van der Waals surface area contributed by atoms with E-state index in [2.05, 4.69) is 17.7 Å². The van der Waals surface area contributed by atoms with E-state index in [0.717, 1.165) is 17.5 Å². The zero-order chi connectivity index (χ0) is 12.8. The van der Waals surface area contributed by atoms with Gasteiger partial charge in [-0.15, -0.1) is 0 Å². The number of benzene rings is 1. The summed E-state index contributed by atoms with van der Waals surface area (Å²) < 4.78 is 4.62. The van der Waals surface area contributed by atoms with E-state index in [0.29, 0.717) is 5.02 Å². The quantitative estimate of drug-likeness (QED) is 0.761. The van der Waals surface area contributed by atoms with E-state index in [9.17, 15) is 4.79 Å². The molecule has 0 amide bonds. The highest BCUT2D eigenvalue weighted by atomic mass is 35.5. The average molecular weight is 253 g/mol. The van der Waals surface area contributed by atoms with Crippen LogP contribution in [0.2, 0.25) is 5.02 Å². The van der Waals surface area contributed by atoms with Gasteiger partial charge >= 0.3 is 5.97 Å². The first-order valence-electron chi connectivity index (χ1n) is 5.63. The predicted molar refractivity (Wildman–Crippen MR) is 71.1 cm³/mol. The molecule has 0 aromatic heterocycles. The highest BCUT2D eigenvalue weighted by Crippen LogP contribution is 2.24. The summed E-state index contributed by atoms with van der Waals surface area (Å²) in [6.07, 6.45) is 3.25.